The smallest absolute Gasteiger partial charge is 0.443 e. The van der Waals surface area contributed by atoms with E-state index in [0.717, 1.165) is 192 Å². The normalized spacial score (nSPS) is 13.1. The lowest BCUT2D eigenvalue weighted by atomic mass is 10.2. The molecule has 4 rings (SSSR count). The molecule has 440 valence electrons. The summed E-state index contributed by atoms with van der Waals surface area (Å²) >= 11 is 0. The van der Waals surface area contributed by atoms with Crippen molar-refractivity contribution in [1.29, 1.82) is 0 Å². The molecule has 79 heavy (non-hydrogen) atoms. The first-order valence-corrected chi connectivity index (χ1v) is 28.3. The van der Waals surface area contributed by atoms with Gasteiger partial charge < -0.3 is 42.6 Å². The highest BCUT2D eigenvalue weighted by Crippen LogP contribution is 2.23. The number of unbranched alkanes of at least 4 members (excludes halogenated alkanes) is 9. The number of nitrogens with zero attached hydrogens (tertiary/aromatic N) is 2. The van der Waals surface area contributed by atoms with Gasteiger partial charge in [0.05, 0.1) is 24.6 Å². The molecule has 2 aliphatic rings. The van der Waals surface area contributed by atoms with Crippen molar-refractivity contribution in [2.75, 3.05) is 139 Å². The summed E-state index contributed by atoms with van der Waals surface area (Å²) in [4.78, 5) is 83.0. The monoisotopic (exact) mass is 1110 g/mol. The van der Waals surface area contributed by atoms with Crippen molar-refractivity contribution in [3.05, 3.63) is 72.8 Å². The fraction of sp³-hybridized carbons (Fsp3) is 0.621. The number of benzene rings is 2. The molecule has 0 unspecified atom stereocenters. The average molecular weight is 1110 g/mol. The van der Waals surface area contributed by atoms with Crippen molar-refractivity contribution in [2.45, 2.75) is 116 Å². The summed E-state index contributed by atoms with van der Waals surface area (Å²) in [6, 6.07) is 12.6. The van der Waals surface area contributed by atoms with Gasteiger partial charge in [-0.1, -0.05) is 0 Å². The first kappa shape index (κ1) is 65.9. The van der Waals surface area contributed by atoms with Gasteiger partial charge in [0.2, 0.25) is 0 Å². The first-order chi connectivity index (χ1) is 38.8. The second-order valence-electron chi connectivity index (χ2n) is 18.6. The minimum atomic E-state index is -0.776. The number of nitrogens with one attached hydrogen (secondary N) is 2. The van der Waals surface area contributed by atoms with E-state index in [2.05, 4.69) is 10.6 Å². The number of carbonyl (C=O) groups is 6. The van der Waals surface area contributed by atoms with Crippen molar-refractivity contribution in [3.8, 4) is 0 Å². The highest BCUT2D eigenvalue weighted by atomic mass is 17.2. The molecule has 2 aromatic carbocycles. The van der Waals surface area contributed by atoms with Crippen LogP contribution in [0.4, 0.5) is 32.3 Å². The Morgan fingerprint density at radius 1 is 0.304 bits per heavy atom. The number of rotatable bonds is 50. The van der Waals surface area contributed by atoms with Gasteiger partial charge in [0.15, 0.2) is 0 Å². The lowest BCUT2D eigenvalue weighted by Gasteiger charge is -2.14. The highest BCUT2D eigenvalue weighted by Gasteiger charge is 2.26. The Kier molecular flexibility index (Phi) is 36.8. The molecule has 0 fully saturated rings. The average Bonchev–Trinajstić information content (AvgIpc) is 4.00. The van der Waals surface area contributed by atoms with Gasteiger partial charge in [0, 0.05) is 141 Å². The van der Waals surface area contributed by atoms with Crippen LogP contribution < -0.4 is 20.4 Å². The number of anilines is 4. The van der Waals surface area contributed by atoms with Crippen LogP contribution in [0.2, 0.25) is 0 Å². The summed E-state index contributed by atoms with van der Waals surface area (Å²) in [5.74, 6) is -1.62. The van der Waals surface area contributed by atoms with Crippen LogP contribution in [0.1, 0.15) is 116 Å². The van der Waals surface area contributed by atoms with Gasteiger partial charge in [-0.15, -0.1) is 0 Å². The maximum absolute atomic E-state index is 12.1. The van der Waals surface area contributed by atoms with E-state index in [1.54, 1.807) is 48.5 Å². The molecule has 21 heteroatoms. The van der Waals surface area contributed by atoms with Crippen LogP contribution in [-0.2, 0) is 71.6 Å². The summed E-state index contributed by atoms with van der Waals surface area (Å²) in [6.07, 6.45) is 20.1. The Bertz CT molecular complexity index is 1880. The third-order valence-corrected chi connectivity index (χ3v) is 12.0. The number of hydrogen-bond acceptors (Lipinski definition) is 17. The third kappa shape index (κ3) is 31.7. The van der Waals surface area contributed by atoms with Crippen molar-refractivity contribution >= 4 is 58.6 Å². The number of ether oxygens (including phenoxy) is 9. The number of amides is 6. The van der Waals surface area contributed by atoms with Gasteiger partial charge in [-0.3, -0.25) is 34.7 Å². The molecule has 21 nitrogen and oxygen atoms in total. The van der Waals surface area contributed by atoms with Gasteiger partial charge >= 0.3 is 12.2 Å². The summed E-state index contributed by atoms with van der Waals surface area (Å²) in [5.41, 5.74) is 1.77. The number of imide groups is 2. The maximum Gasteiger partial charge on any atom is 0.443 e. The van der Waals surface area contributed by atoms with Crippen LogP contribution in [0.3, 0.4) is 0 Å². The molecule has 0 saturated carbocycles. The van der Waals surface area contributed by atoms with Gasteiger partial charge in [0.1, 0.15) is 0 Å². The van der Waals surface area contributed by atoms with E-state index in [1.807, 2.05) is 0 Å². The van der Waals surface area contributed by atoms with Crippen LogP contribution in [0.5, 0.6) is 0 Å². The summed E-state index contributed by atoms with van der Waals surface area (Å²) in [7, 11) is 0. The quantitative estimate of drug-likeness (QED) is 0.0272. The van der Waals surface area contributed by atoms with E-state index in [4.69, 9.17) is 52.4 Å². The fourth-order valence-corrected chi connectivity index (χ4v) is 7.60. The molecule has 2 aliphatic heterocycles. The zero-order valence-electron chi connectivity index (χ0n) is 46.2. The predicted octanol–water partition coefficient (Wildman–Crippen LogP) is 9.43. The summed E-state index contributed by atoms with van der Waals surface area (Å²) in [5, 5.41) is 5.16. The van der Waals surface area contributed by atoms with Gasteiger partial charge in [-0.2, -0.15) is 4.89 Å². The molecule has 0 atom stereocenters. The van der Waals surface area contributed by atoms with Crippen LogP contribution in [0.15, 0.2) is 72.8 Å². The Labute approximate surface area is 466 Å². The molecule has 2 N–H and O–H groups in total. The van der Waals surface area contributed by atoms with E-state index in [1.165, 1.54) is 24.3 Å². The zero-order valence-corrected chi connectivity index (χ0v) is 46.2. The third-order valence-electron chi connectivity index (χ3n) is 12.0. The predicted molar refractivity (Wildman–Crippen MR) is 297 cm³/mol. The lowest BCUT2D eigenvalue weighted by molar-refractivity contribution is -0.235. The van der Waals surface area contributed by atoms with Crippen molar-refractivity contribution < 1.29 is 81.2 Å². The van der Waals surface area contributed by atoms with Crippen LogP contribution in [0, 0.1) is 0 Å². The van der Waals surface area contributed by atoms with E-state index in [-0.39, 0.29) is 13.2 Å². The van der Waals surface area contributed by atoms with Crippen LogP contribution in [0.25, 0.3) is 0 Å². The molecular formula is C58H86N4O17. The minimum absolute atomic E-state index is 0.242. The molecule has 0 aliphatic carbocycles. The van der Waals surface area contributed by atoms with Gasteiger partial charge in [-0.05, 0) is 164 Å². The van der Waals surface area contributed by atoms with Crippen molar-refractivity contribution in [2.24, 2.45) is 0 Å². The molecular weight excluding hydrogens is 1020 g/mol. The molecule has 2 heterocycles. The van der Waals surface area contributed by atoms with E-state index in [9.17, 15) is 28.8 Å². The van der Waals surface area contributed by atoms with Crippen LogP contribution >= 0.6 is 0 Å². The van der Waals surface area contributed by atoms with Crippen molar-refractivity contribution in [1.82, 2.24) is 0 Å². The second-order valence-corrected chi connectivity index (χ2v) is 18.6. The molecule has 0 radical (unpaired) electrons. The lowest BCUT2D eigenvalue weighted by Crippen LogP contribution is -2.29. The molecule has 0 saturated heterocycles. The minimum Gasteiger partial charge on any atom is -0.449 e. The Balaban J connectivity index is 0.733. The topological polar surface area (TPSA) is 234 Å². The Morgan fingerprint density at radius 3 is 0.797 bits per heavy atom. The molecule has 0 aromatic heterocycles. The first-order valence-electron chi connectivity index (χ1n) is 28.3. The Morgan fingerprint density at radius 2 is 0.532 bits per heavy atom. The van der Waals surface area contributed by atoms with Crippen molar-refractivity contribution in [3.63, 3.8) is 0 Å². The molecule has 2 aromatic rings. The maximum atomic E-state index is 12.1. The van der Waals surface area contributed by atoms with Gasteiger partial charge in [-0.25, -0.2) is 19.4 Å². The Hall–Kier alpha value is -5.62. The van der Waals surface area contributed by atoms with Crippen LogP contribution in [-0.4, -0.2) is 155 Å². The van der Waals surface area contributed by atoms with Gasteiger partial charge in [0.25, 0.3) is 23.6 Å². The fourth-order valence-electron chi connectivity index (χ4n) is 7.60. The second kappa shape index (κ2) is 44.2. The molecule has 0 spiro atoms. The number of carbonyl (C=O) groups excluding carboxylic acids is 6. The number of hydrogen-bond donors (Lipinski definition) is 2. The van der Waals surface area contributed by atoms with E-state index >= 15 is 0 Å². The van der Waals surface area contributed by atoms with E-state index < -0.39 is 35.8 Å². The summed E-state index contributed by atoms with van der Waals surface area (Å²) < 4.78 is 51.1. The van der Waals surface area contributed by atoms with E-state index in [0.29, 0.717) is 62.0 Å². The molecule has 0 bridgehead atoms. The highest BCUT2D eigenvalue weighted by molar-refractivity contribution is 6.28. The standard InChI is InChI=1S/C58H86N4O17/c63-53-27-28-54(64)61(53)51-23-19-49(20-24-51)59-57(67)77-47-17-15-45-75-43-13-11-41-73-39-9-7-37-71-35-5-3-33-69-31-1-2-32-70-34-4-6-36-72-38-8-10-40-74-42-12-14-44-76-46-16-18-48-78-79-58(68)60-50-21-25-52(26-22-50)62-55(65)29-30-56(62)66/h19-30H,1-18,31-48H2,(H,59,67)(H,60,68). The largest absolute Gasteiger partial charge is 0.449 e. The SMILES string of the molecule is O=C(Nc1ccc(N2C(=O)C=CC2=O)cc1)OCCCCOCCCCOCCCCOCCCCOCCCCOCCCCOCCCCOCCCCOCCCCOOC(=O)Nc1ccc(N2C(=O)C=CC2=O)cc1. The zero-order chi connectivity index (χ0) is 56.1. The summed E-state index contributed by atoms with van der Waals surface area (Å²) in [6.45, 7) is 12.1. The molecule has 6 amide bonds.